The predicted molar refractivity (Wildman–Crippen MR) is 89.7 cm³/mol. The SMILES string of the molecule is Cc1ccccc1CNC(=O)c1noc(C)c1CN1CCOCC1. The Morgan fingerprint density at radius 3 is 2.75 bits per heavy atom. The van der Waals surface area contributed by atoms with Gasteiger partial charge in [-0.2, -0.15) is 0 Å². The van der Waals surface area contributed by atoms with Crippen LogP contribution in [-0.4, -0.2) is 42.3 Å². The normalized spacial score (nSPS) is 15.4. The van der Waals surface area contributed by atoms with Gasteiger partial charge >= 0.3 is 0 Å². The highest BCUT2D eigenvalue weighted by atomic mass is 16.5. The van der Waals surface area contributed by atoms with E-state index in [2.05, 4.69) is 15.4 Å². The van der Waals surface area contributed by atoms with E-state index in [1.165, 1.54) is 0 Å². The van der Waals surface area contributed by atoms with Crippen LogP contribution in [0.2, 0.25) is 0 Å². The van der Waals surface area contributed by atoms with Crippen molar-refractivity contribution < 1.29 is 14.1 Å². The highest BCUT2D eigenvalue weighted by Gasteiger charge is 2.22. The van der Waals surface area contributed by atoms with Crippen LogP contribution in [0.1, 0.15) is 32.9 Å². The Bertz CT molecular complexity index is 705. The molecule has 0 aliphatic carbocycles. The van der Waals surface area contributed by atoms with Crippen molar-refractivity contribution in [2.24, 2.45) is 0 Å². The van der Waals surface area contributed by atoms with Crippen molar-refractivity contribution in [1.82, 2.24) is 15.4 Å². The van der Waals surface area contributed by atoms with Crippen LogP contribution in [0.3, 0.4) is 0 Å². The van der Waals surface area contributed by atoms with Crippen LogP contribution in [0.5, 0.6) is 0 Å². The molecule has 0 radical (unpaired) electrons. The molecule has 128 valence electrons. The smallest absolute Gasteiger partial charge is 0.274 e. The molecule has 0 saturated carbocycles. The van der Waals surface area contributed by atoms with Gasteiger partial charge < -0.3 is 14.6 Å². The number of amides is 1. The molecule has 0 bridgehead atoms. The largest absolute Gasteiger partial charge is 0.379 e. The number of aromatic nitrogens is 1. The molecule has 1 aliphatic rings. The minimum Gasteiger partial charge on any atom is -0.379 e. The molecule has 1 aliphatic heterocycles. The maximum atomic E-state index is 12.5. The number of rotatable bonds is 5. The number of hydrogen-bond donors (Lipinski definition) is 1. The van der Waals surface area contributed by atoms with Gasteiger partial charge in [-0.1, -0.05) is 29.4 Å². The van der Waals surface area contributed by atoms with Gasteiger partial charge in [0.2, 0.25) is 0 Å². The van der Waals surface area contributed by atoms with E-state index < -0.39 is 0 Å². The number of carbonyl (C=O) groups is 1. The third-order valence-corrected chi connectivity index (χ3v) is 4.39. The molecule has 1 N–H and O–H groups in total. The molecule has 1 aromatic carbocycles. The fraction of sp³-hybridized carbons (Fsp3) is 0.444. The van der Waals surface area contributed by atoms with E-state index in [1.807, 2.05) is 38.1 Å². The van der Waals surface area contributed by atoms with Crippen molar-refractivity contribution >= 4 is 5.91 Å². The van der Waals surface area contributed by atoms with Crippen LogP contribution >= 0.6 is 0 Å². The number of aryl methyl sites for hydroxylation is 2. The minimum atomic E-state index is -0.196. The predicted octanol–water partition coefficient (Wildman–Crippen LogP) is 2.05. The van der Waals surface area contributed by atoms with Crippen molar-refractivity contribution in [3.05, 3.63) is 52.4 Å². The van der Waals surface area contributed by atoms with E-state index in [-0.39, 0.29) is 5.91 Å². The van der Waals surface area contributed by atoms with Gasteiger partial charge in [0.15, 0.2) is 5.69 Å². The van der Waals surface area contributed by atoms with E-state index in [1.54, 1.807) is 0 Å². The molecule has 6 nitrogen and oxygen atoms in total. The fourth-order valence-electron chi connectivity index (χ4n) is 2.81. The molecule has 0 atom stereocenters. The van der Waals surface area contributed by atoms with Crippen LogP contribution < -0.4 is 5.32 Å². The van der Waals surface area contributed by atoms with Gasteiger partial charge in [-0.15, -0.1) is 0 Å². The summed E-state index contributed by atoms with van der Waals surface area (Å²) in [5.74, 6) is 0.501. The molecule has 24 heavy (non-hydrogen) atoms. The Kier molecular flexibility index (Phi) is 5.27. The van der Waals surface area contributed by atoms with Crippen molar-refractivity contribution in [2.75, 3.05) is 26.3 Å². The molecular weight excluding hydrogens is 306 g/mol. The van der Waals surface area contributed by atoms with Gasteiger partial charge in [0, 0.05) is 31.7 Å². The van der Waals surface area contributed by atoms with Crippen LogP contribution in [0.4, 0.5) is 0 Å². The zero-order valence-electron chi connectivity index (χ0n) is 14.2. The molecule has 6 heteroatoms. The van der Waals surface area contributed by atoms with Crippen molar-refractivity contribution in [1.29, 1.82) is 0 Å². The number of carbonyl (C=O) groups excluding carboxylic acids is 1. The second kappa shape index (κ2) is 7.59. The van der Waals surface area contributed by atoms with Gasteiger partial charge in [-0.3, -0.25) is 9.69 Å². The number of ether oxygens (including phenoxy) is 1. The third-order valence-electron chi connectivity index (χ3n) is 4.39. The fourth-order valence-corrected chi connectivity index (χ4v) is 2.81. The van der Waals surface area contributed by atoms with Gasteiger partial charge in [0.1, 0.15) is 5.76 Å². The molecular formula is C18H23N3O3. The monoisotopic (exact) mass is 329 g/mol. The number of nitrogens with one attached hydrogen (secondary N) is 1. The average molecular weight is 329 g/mol. The standard InChI is InChI=1S/C18H23N3O3/c1-13-5-3-4-6-15(13)11-19-18(22)17-16(14(2)24-20-17)12-21-7-9-23-10-8-21/h3-6H,7-12H2,1-2H3,(H,19,22). The second-order valence-corrected chi connectivity index (χ2v) is 6.06. The summed E-state index contributed by atoms with van der Waals surface area (Å²) in [6.45, 7) is 8.18. The first-order valence-corrected chi connectivity index (χ1v) is 8.23. The average Bonchev–Trinajstić information content (AvgIpc) is 2.96. The Balaban J connectivity index is 1.67. The summed E-state index contributed by atoms with van der Waals surface area (Å²) in [5.41, 5.74) is 3.50. The summed E-state index contributed by atoms with van der Waals surface area (Å²) >= 11 is 0. The Hall–Kier alpha value is -2.18. The first-order valence-electron chi connectivity index (χ1n) is 8.23. The maximum absolute atomic E-state index is 12.5. The summed E-state index contributed by atoms with van der Waals surface area (Å²) in [7, 11) is 0. The lowest BCUT2D eigenvalue weighted by Crippen LogP contribution is -2.36. The van der Waals surface area contributed by atoms with E-state index >= 15 is 0 Å². The summed E-state index contributed by atoms with van der Waals surface area (Å²) in [6, 6.07) is 8.00. The van der Waals surface area contributed by atoms with Crippen molar-refractivity contribution in [3.8, 4) is 0 Å². The lowest BCUT2D eigenvalue weighted by Gasteiger charge is -2.26. The molecule has 3 rings (SSSR count). The first-order chi connectivity index (χ1) is 11.6. The number of hydrogen-bond acceptors (Lipinski definition) is 5. The molecule has 0 unspecified atom stereocenters. The van der Waals surface area contributed by atoms with E-state index in [0.717, 1.165) is 43.0 Å². The molecule has 1 saturated heterocycles. The number of morpholine rings is 1. The summed E-state index contributed by atoms with van der Waals surface area (Å²) < 4.78 is 10.6. The Morgan fingerprint density at radius 1 is 1.25 bits per heavy atom. The Morgan fingerprint density at radius 2 is 2.00 bits per heavy atom. The third kappa shape index (κ3) is 3.83. The van der Waals surface area contributed by atoms with Gasteiger partial charge in [-0.25, -0.2) is 0 Å². The van der Waals surface area contributed by atoms with Crippen molar-refractivity contribution in [2.45, 2.75) is 26.9 Å². The highest BCUT2D eigenvalue weighted by molar-refractivity contribution is 5.93. The molecule has 1 amide bonds. The molecule has 1 fully saturated rings. The number of nitrogens with zero attached hydrogens (tertiary/aromatic N) is 2. The van der Waals surface area contributed by atoms with Crippen LogP contribution in [0.15, 0.2) is 28.8 Å². The molecule has 1 aromatic heterocycles. The van der Waals surface area contributed by atoms with Crippen LogP contribution in [-0.2, 0) is 17.8 Å². The zero-order valence-corrected chi connectivity index (χ0v) is 14.2. The minimum absolute atomic E-state index is 0.196. The van der Waals surface area contributed by atoms with Gasteiger partial charge in [0.05, 0.1) is 13.2 Å². The van der Waals surface area contributed by atoms with Crippen LogP contribution in [0, 0.1) is 13.8 Å². The summed E-state index contributed by atoms with van der Waals surface area (Å²) in [6.07, 6.45) is 0. The zero-order chi connectivity index (χ0) is 16.9. The summed E-state index contributed by atoms with van der Waals surface area (Å²) in [5, 5.41) is 6.91. The quantitative estimate of drug-likeness (QED) is 0.909. The van der Waals surface area contributed by atoms with E-state index in [4.69, 9.17) is 9.26 Å². The molecule has 2 heterocycles. The van der Waals surface area contributed by atoms with E-state index in [0.29, 0.717) is 24.5 Å². The number of benzene rings is 1. The molecule has 0 spiro atoms. The summed E-state index contributed by atoms with van der Waals surface area (Å²) in [4.78, 5) is 14.8. The highest BCUT2D eigenvalue weighted by Crippen LogP contribution is 2.17. The topological polar surface area (TPSA) is 67.6 Å². The second-order valence-electron chi connectivity index (χ2n) is 6.06. The lowest BCUT2D eigenvalue weighted by molar-refractivity contribution is 0.0339. The molecule has 2 aromatic rings. The van der Waals surface area contributed by atoms with Gasteiger partial charge in [0.25, 0.3) is 5.91 Å². The van der Waals surface area contributed by atoms with Crippen LogP contribution in [0.25, 0.3) is 0 Å². The van der Waals surface area contributed by atoms with Gasteiger partial charge in [-0.05, 0) is 25.0 Å². The Labute approximate surface area is 141 Å². The van der Waals surface area contributed by atoms with E-state index in [9.17, 15) is 4.79 Å². The van der Waals surface area contributed by atoms with Crippen molar-refractivity contribution in [3.63, 3.8) is 0 Å². The maximum Gasteiger partial charge on any atom is 0.274 e. The lowest BCUT2D eigenvalue weighted by atomic mass is 10.1. The first kappa shape index (κ1) is 16.7.